The third-order valence-corrected chi connectivity index (χ3v) is 7.13. The Kier molecular flexibility index (Phi) is 6.35. The number of pyridine rings is 1. The monoisotopic (exact) mass is 489 g/mol. The molecule has 0 N–H and O–H groups in total. The number of imide groups is 1. The van der Waals surface area contributed by atoms with E-state index in [0.29, 0.717) is 24.1 Å². The van der Waals surface area contributed by atoms with Gasteiger partial charge in [0, 0.05) is 31.8 Å². The van der Waals surface area contributed by atoms with Crippen molar-refractivity contribution in [2.45, 2.75) is 43.7 Å². The fraction of sp³-hybridized carbons (Fsp3) is 0.286. The number of halogens is 2. The molecule has 6 nitrogen and oxygen atoms in total. The molecule has 2 aliphatic heterocycles. The summed E-state index contributed by atoms with van der Waals surface area (Å²) in [5, 5.41) is 0. The molecule has 0 saturated carbocycles. The van der Waals surface area contributed by atoms with Crippen LogP contribution in [0.5, 0.6) is 0 Å². The van der Waals surface area contributed by atoms with Crippen molar-refractivity contribution in [1.82, 2.24) is 14.8 Å². The van der Waals surface area contributed by atoms with Crippen LogP contribution in [0.3, 0.4) is 0 Å². The third kappa shape index (κ3) is 4.39. The quantitative estimate of drug-likeness (QED) is 0.484. The van der Waals surface area contributed by atoms with E-state index in [1.165, 1.54) is 30.3 Å². The van der Waals surface area contributed by atoms with Crippen molar-refractivity contribution in [3.63, 3.8) is 0 Å². The van der Waals surface area contributed by atoms with E-state index in [1.54, 1.807) is 47.6 Å². The first-order valence-electron chi connectivity index (χ1n) is 11.9. The highest BCUT2D eigenvalue weighted by Crippen LogP contribution is 2.43. The van der Waals surface area contributed by atoms with Crippen molar-refractivity contribution in [1.29, 1.82) is 0 Å². The van der Waals surface area contributed by atoms with Gasteiger partial charge in [-0.15, -0.1) is 0 Å². The summed E-state index contributed by atoms with van der Waals surface area (Å²) in [4.78, 5) is 47.5. The number of likely N-dealkylation sites (tertiary alicyclic amines) is 2. The Balaban J connectivity index is 1.47. The third-order valence-electron chi connectivity index (χ3n) is 7.13. The zero-order valence-corrected chi connectivity index (χ0v) is 19.6. The molecular weight excluding hydrogens is 464 g/mol. The first kappa shape index (κ1) is 23.8. The van der Waals surface area contributed by atoms with Gasteiger partial charge in [0.05, 0.1) is 18.0 Å². The number of hydrogen-bond donors (Lipinski definition) is 0. The molecule has 1 aromatic heterocycles. The second-order valence-electron chi connectivity index (χ2n) is 9.39. The molecule has 8 heteroatoms. The maximum Gasteiger partial charge on any atom is 0.241 e. The highest BCUT2D eigenvalue weighted by atomic mass is 19.1. The largest absolute Gasteiger partial charge is 0.336 e. The molecule has 3 amide bonds. The van der Waals surface area contributed by atoms with E-state index >= 15 is 0 Å². The maximum atomic E-state index is 14.3. The SMILES string of the molecule is O=C1C[C@](CC(=O)N2CCC[C@H]2c2ccc(F)cc2)(c2cccc(F)c2)C(=O)N1Cc1cccnc1. The van der Waals surface area contributed by atoms with Gasteiger partial charge in [0.1, 0.15) is 11.6 Å². The van der Waals surface area contributed by atoms with E-state index in [9.17, 15) is 23.2 Å². The first-order valence-corrected chi connectivity index (χ1v) is 11.9. The Morgan fingerprint density at radius 1 is 1.03 bits per heavy atom. The lowest BCUT2D eigenvalue weighted by Gasteiger charge is -2.31. The van der Waals surface area contributed by atoms with Gasteiger partial charge in [-0.05, 0) is 59.9 Å². The Hall–Kier alpha value is -3.94. The molecule has 3 heterocycles. The Morgan fingerprint density at radius 2 is 1.83 bits per heavy atom. The number of carbonyl (C=O) groups is 3. The summed E-state index contributed by atoms with van der Waals surface area (Å²) in [7, 11) is 0. The lowest BCUT2D eigenvalue weighted by Crippen LogP contribution is -2.43. The van der Waals surface area contributed by atoms with Crippen molar-refractivity contribution in [3.05, 3.63) is 101 Å². The van der Waals surface area contributed by atoms with E-state index in [0.717, 1.165) is 16.9 Å². The van der Waals surface area contributed by atoms with E-state index in [-0.39, 0.29) is 37.2 Å². The standard InChI is InChI=1S/C28H25F2N3O3/c29-22-10-8-20(9-11-22)24-7-3-13-32(24)25(34)15-28(21-5-1-6-23(30)14-21)16-26(35)33(27(28)36)18-19-4-2-12-31-17-19/h1-2,4-6,8-12,14,17,24H,3,7,13,15-16,18H2/t24-,28+/m0/s1. The highest BCUT2D eigenvalue weighted by Gasteiger charge is 2.54. The molecule has 2 atom stereocenters. The van der Waals surface area contributed by atoms with Gasteiger partial charge in [-0.1, -0.05) is 30.3 Å². The summed E-state index contributed by atoms with van der Waals surface area (Å²) in [6.07, 6.45) is 4.16. The van der Waals surface area contributed by atoms with E-state index in [4.69, 9.17) is 0 Å². The van der Waals surface area contributed by atoms with Crippen molar-refractivity contribution in [2.24, 2.45) is 0 Å². The summed E-state index contributed by atoms with van der Waals surface area (Å²) in [5.74, 6) is -2.14. The van der Waals surface area contributed by atoms with Crippen molar-refractivity contribution in [2.75, 3.05) is 6.54 Å². The Morgan fingerprint density at radius 3 is 2.56 bits per heavy atom. The van der Waals surface area contributed by atoms with Crippen LogP contribution in [-0.4, -0.2) is 39.1 Å². The highest BCUT2D eigenvalue weighted by molar-refractivity contribution is 6.10. The van der Waals surface area contributed by atoms with Gasteiger partial charge in [-0.2, -0.15) is 0 Å². The lowest BCUT2D eigenvalue weighted by molar-refractivity contribution is -0.143. The van der Waals surface area contributed by atoms with Crippen LogP contribution in [0.25, 0.3) is 0 Å². The van der Waals surface area contributed by atoms with Gasteiger partial charge in [0.25, 0.3) is 0 Å². The summed E-state index contributed by atoms with van der Waals surface area (Å²) in [6.45, 7) is 0.514. The molecular formula is C28H25F2N3O3. The van der Waals surface area contributed by atoms with Gasteiger partial charge < -0.3 is 4.90 Å². The Bertz CT molecular complexity index is 1300. The second-order valence-corrected chi connectivity index (χ2v) is 9.39. The molecule has 3 aromatic rings. The van der Waals surface area contributed by atoms with Crippen molar-refractivity contribution in [3.8, 4) is 0 Å². The number of carbonyl (C=O) groups excluding carboxylic acids is 3. The van der Waals surface area contributed by atoms with Gasteiger partial charge in [-0.3, -0.25) is 24.3 Å². The first-order chi connectivity index (χ1) is 17.4. The fourth-order valence-electron chi connectivity index (χ4n) is 5.34. The molecule has 0 radical (unpaired) electrons. The minimum Gasteiger partial charge on any atom is -0.336 e. The van der Waals surface area contributed by atoms with Gasteiger partial charge >= 0.3 is 0 Å². The average molecular weight is 490 g/mol. The predicted molar refractivity (Wildman–Crippen MR) is 127 cm³/mol. The van der Waals surface area contributed by atoms with Crippen molar-refractivity contribution < 1.29 is 23.2 Å². The van der Waals surface area contributed by atoms with Crippen LogP contribution in [0.4, 0.5) is 8.78 Å². The van der Waals surface area contributed by atoms with E-state index in [1.807, 2.05) is 0 Å². The number of amides is 3. The number of nitrogens with zero attached hydrogens (tertiary/aromatic N) is 3. The number of aromatic nitrogens is 1. The molecule has 36 heavy (non-hydrogen) atoms. The fourth-order valence-corrected chi connectivity index (χ4v) is 5.34. The normalized spacial score (nSPS) is 21.9. The van der Waals surface area contributed by atoms with Crippen LogP contribution in [0.2, 0.25) is 0 Å². The van der Waals surface area contributed by atoms with Crippen LogP contribution in [0, 0.1) is 11.6 Å². The van der Waals surface area contributed by atoms with Gasteiger partial charge in [0.2, 0.25) is 17.7 Å². The van der Waals surface area contributed by atoms with Crippen molar-refractivity contribution >= 4 is 17.7 Å². The topological polar surface area (TPSA) is 70.6 Å². The molecule has 2 aliphatic rings. The Labute approximate surface area is 207 Å². The smallest absolute Gasteiger partial charge is 0.241 e. The number of benzene rings is 2. The zero-order chi connectivity index (χ0) is 25.3. The molecule has 2 aromatic carbocycles. The predicted octanol–water partition coefficient (Wildman–Crippen LogP) is 4.31. The molecule has 0 bridgehead atoms. The minimum absolute atomic E-state index is 0.0265. The lowest BCUT2D eigenvalue weighted by atomic mass is 9.75. The van der Waals surface area contributed by atoms with Crippen LogP contribution in [0.1, 0.15) is 48.4 Å². The summed E-state index contributed by atoms with van der Waals surface area (Å²) >= 11 is 0. The molecule has 184 valence electrons. The summed E-state index contributed by atoms with van der Waals surface area (Å²) in [5.41, 5.74) is 0.292. The zero-order valence-electron chi connectivity index (χ0n) is 19.6. The number of hydrogen-bond acceptors (Lipinski definition) is 4. The van der Waals surface area contributed by atoms with E-state index < -0.39 is 23.0 Å². The summed E-state index contributed by atoms with van der Waals surface area (Å²) < 4.78 is 27.7. The van der Waals surface area contributed by atoms with Crippen LogP contribution in [0.15, 0.2) is 73.1 Å². The molecule has 0 aliphatic carbocycles. The maximum absolute atomic E-state index is 14.3. The van der Waals surface area contributed by atoms with Gasteiger partial charge in [-0.25, -0.2) is 8.78 Å². The second kappa shape index (κ2) is 9.60. The molecule has 2 saturated heterocycles. The molecule has 2 fully saturated rings. The van der Waals surface area contributed by atoms with Crippen LogP contribution in [-0.2, 0) is 26.3 Å². The number of rotatable bonds is 6. The van der Waals surface area contributed by atoms with E-state index in [2.05, 4.69) is 4.98 Å². The molecule has 5 rings (SSSR count). The molecule has 0 unspecified atom stereocenters. The van der Waals surface area contributed by atoms with Crippen LogP contribution < -0.4 is 0 Å². The summed E-state index contributed by atoms with van der Waals surface area (Å²) in [6, 6.07) is 14.8. The minimum atomic E-state index is -1.51. The molecule has 0 spiro atoms. The van der Waals surface area contributed by atoms with Gasteiger partial charge in [0.15, 0.2) is 0 Å². The van der Waals surface area contributed by atoms with Crippen LogP contribution >= 0.6 is 0 Å². The average Bonchev–Trinajstić information content (AvgIpc) is 3.45.